The van der Waals surface area contributed by atoms with E-state index in [1.807, 2.05) is 30.3 Å². The van der Waals surface area contributed by atoms with Crippen LogP contribution in [0.15, 0.2) is 54.6 Å². The van der Waals surface area contributed by atoms with Gasteiger partial charge in [-0.1, -0.05) is 54.6 Å². The van der Waals surface area contributed by atoms with Gasteiger partial charge in [-0.25, -0.2) is 0 Å². The Kier molecular flexibility index (Phi) is 4.82. The molecular weight excluding hydrogens is 322 g/mol. The van der Waals surface area contributed by atoms with E-state index < -0.39 is 5.97 Å². The second kappa shape index (κ2) is 7.24. The summed E-state index contributed by atoms with van der Waals surface area (Å²) in [6.07, 6.45) is 5.23. The maximum atomic E-state index is 11.5. The van der Waals surface area contributed by atoms with Gasteiger partial charge in [0.15, 0.2) is 0 Å². The number of hydrogen-bond acceptors (Lipinski definition) is 2. The lowest BCUT2D eigenvalue weighted by Crippen LogP contribution is -2.39. The fraction of sp³-hybridized carbons (Fsp3) is 0.435. The molecular formula is C23H27NO2. The minimum absolute atomic E-state index is 0.0864. The zero-order chi connectivity index (χ0) is 18.1. The maximum absolute atomic E-state index is 11.5. The fourth-order valence-corrected chi connectivity index (χ4v) is 5.00. The molecule has 2 aromatic rings. The molecule has 0 amide bonds. The van der Waals surface area contributed by atoms with E-state index in [1.54, 1.807) is 0 Å². The van der Waals surface area contributed by atoms with Crippen LogP contribution >= 0.6 is 0 Å². The van der Waals surface area contributed by atoms with Gasteiger partial charge in [-0.2, -0.15) is 0 Å². The predicted octanol–water partition coefficient (Wildman–Crippen LogP) is 4.63. The Labute approximate surface area is 155 Å². The largest absolute Gasteiger partial charge is 0.481 e. The standard InChI is InChI=1S/C23H27NO2/c1-24-20-10-11-21(24)14-19(13-20)17-8-5-9-18(12-17)22(15-23(25)26)16-6-3-2-4-7-16/h2-9,12,19-22H,10-11,13-15H2,1H3,(H,25,26). The second-order valence-electron chi connectivity index (χ2n) is 7.95. The van der Waals surface area contributed by atoms with Gasteiger partial charge in [0.05, 0.1) is 6.42 Å². The molecule has 2 bridgehead atoms. The first-order chi connectivity index (χ1) is 12.6. The van der Waals surface area contributed by atoms with Crippen LogP contribution in [-0.2, 0) is 4.79 Å². The summed E-state index contributed by atoms with van der Waals surface area (Å²) in [4.78, 5) is 14.0. The summed E-state index contributed by atoms with van der Waals surface area (Å²) in [5, 5.41) is 9.43. The van der Waals surface area contributed by atoms with Crippen LogP contribution in [0.25, 0.3) is 0 Å². The van der Waals surface area contributed by atoms with Crippen molar-refractivity contribution in [1.82, 2.24) is 4.90 Å². The van der Waals surface area contributed by atoms with E-state index >= 15 is 0 Å². The van der Waals surface area contributed by atoms with Crippen molar-refractivity contribution in [3.63, 3.8) is 0 Å². The molecule has 26 heavy (non-hydrogen) atoms. The van der Waals surface area contributed by atoms with Gasteiger partial charge in [0, 0.05) is 18.0 Å². The van der Waals surface area contributed by atoms with Gasteiger partial charge in [0.2, 0.25) is 0 Å². The Morgan fingerprint density at radius 3 is 2.35 bits per heavy atom. The monoisotopic (exact) mass is 349 g/mol. The van der Waals surface area contributed by atoms with E-state index in [0.29, 0.717) is 18.0 Å². The van der Waals surface area contributed by atoms with Gasteiger partial charge in [-0.15, -0.1) is 0 Å². The average Bonchev–Trinajstić information content (AvgIpc) is 2.87. The third kappa shape index (κ3) is 3.41. The average molecular weight is 349 g/mol. The maximum Gasteiger partial charge on any atom is 0.304 e. The Hall–Kier alpha value is -2.13. The lowest BCUT2D eigenvalue weighted by Gasteiger charge is -2.36. The molecule has 0 saturated carbocycles. The number of hydrogen-bond donors (Lipinski definition) is 1. The molecule has 2 aliphatic heterocycles. The first-order valence-corrected chi connectivity index (χ1v) is 9.70. The first kappa shape index (κ1) is 17.3. The topological polar surface area (TPSA) is 40.5 Å². The molecule has 1 N–H and O–H groups in total. The van der Waals surface area contributed by atoms with Crippen LogP contribution < -0.4 is 0 Å². The zero-order valence-electron chi connectivity index (χ0n) is 15.3. The van der Waals surface area contributed by atoms with E-state index in [9.17, 15) is 9.90 Å². The number of carboxylic acid groups (broad SMARTS) is 1. The highest BCUT2D eigenvalue weighted by Crippen LogP contribution is 2.42. The van der Waals surface area contributed by atoms with Crippen molar-refractivity contribution in [2.24, 2.45) is 0 Å². The number of nitrogens with zero attached hydrogens (tertiary/aromatic N) is 1. The van der Waals surface area contributed by atoms with Crippen LogP contribution in [0, 0.1) is 0 Å². The van der Waals surface area contributed by atoms with Gasteiger partial charge in [-0.3, -0.25) is 4.79 Å². The minimum Gasteiger partial charge on any atom is -0.481 e. The lowest BCUT2D eigenvalue weighted by molar-refractivity contribution is -0.137. The van der Waals surface area contributed by atoms with Crippen LogP contribution in [-0.4, -0.2) is 35.1 Å². The van der Waals surface area contributed by atoms with E-state index in [4.69, 9.17) is 0 Å². The Morgan fingerprint density at radius 2 is 1.69 bits per heavy atom. The zero-order valence-corrected chi connectivity index (χ0v) is 15.3. The van der Waals surface area contributed by atoms with Crippen LogP contribution in [0.3, 0.4) is 0 Å². The van der Waals surface area contributed by atoms with Crippen LogP contribution in [0.4, 0.5) is 0 Å². The van der Waals surface area contributed by atoms with Crippen LogP contribution in [0.1, 0.15) is 60.6 Å². The minimum atomic E-state index is -0.749. The molecule has 3 unspecified atom stereocenters. The molecule has 2 heterocycles. The van der Waals surface area contributed by atoms with Crippen molar-refractivity contribution in [2.45, 2.75) is 56.0 Å². The van der Waals surface area contributed by atoms with Crippen LogP contribution in [0.2, 0.25) is 0 Å². The summed E-state index contributed by atoms with van der Waals surface area (Å²) in [6.45, 7) is 0. The summed E-state index contributed by atoms with van der Waals surface area (Å²) in [5.41, 5.74) is 3.59. The highest BCUT2D eigenvalue weighted by Gasteiger charge is 2.38. The number of carbonyl (C=O) groups is 1. The van der Waals surface area contributed by atoms with Gasteiger partial charge in [0.25, 0.3) is 0 Å². The van der Waals surface area contributed by atoms with Crippen molar-refractivity contribution in [1.29, 1.82) is 0 Å². The molecule has 3 nitrogen and oxygen atoms in total. The molecule has 2 fully saturated rings. The summed E-state index contributed by atoms with van der Waals surface area (Å²) in [7, 11) is 2.27. The number of aliphatic carboxylic acids is 1. The molecule has 2 aromatic carbocycles. The van der Waals surface area contributed by atoms with Crippen molar-refractivity contribution in [2.75, 3.05) is 7.05 Å². The summed E-state index contributed by atoms with van der Waals surface area (Å²) >= 11 is 0. The number of benzene rings is 2. The second-order valence-corrected chi connectivity index (χ2v) is 7.95. The van der Waals surface area contributed by atoms with Gasteiger partial charge in [-0.05, 0) is 55.3 Å². The van der Waals surface area contributed by atoms with Crippen LogP contribution in [0.5, 0.6) is 0 Å². The molecule has 3 atom stereocenters. The van der Waals surface area contributed by atoms with Gasteiger partial charge in [0.1, 0.15) is 0 Å². The quantitative estimate of drug-likeness (QED) is 0.855. The smallest absolute Gasteiger partial charge is 0.304 e. The Bertz CT molecular complexity index is 759. The third-order valence-corrected chi connectivity index (χ3v) is 6.46. The Balaban J connectivity index is 1.62. The van der Waals surface area contributed by atoms with E-state index in [1.165, 1.54) is 31.2 Å². The number of fused-ring (bicyclic) bond motifs is 2. The molecule has 0 aliphatic carbocycles. The molecule has 4 rings (SSSR count). The normalized spacial score (nSPS) is 26.6. The van der Waals surface area contributed by atoms with E-state index in [0.717, 1.165) is 11.1 Å². The third-order valence-electron chi connectivity index (χ3n) is 6.46. The predicted molar refractivity (Wildman–Crippen MR) is 104 cm³/mol. The van der Waals surface area contributed by atoms with Gasteiger partial charge < -0.3 is 10.0 Å². The van der Waals surface area contributed by atoms with Crippen molar-refractivity contribution in [3.8, 4) is 0 Å². The fourth-order valence-electron chi connectivity index (χ4n) is 5.00. The molecule has 136 valence electrons. The van der Waals surface area contributed by atoms with Crippen molar-refractivity contribution < 1.29 is 9.90 Å². The number of rotatable bonds is 5. The van der Waals surface area contributed by atoms with E-state index in [2.05, 4.69) is 36.2 Å². The molecule has 2 saturated heterocycles. The summed E-state index contributed by atoms with van der Waals surface area (Å²) in [6, 6.07) is 20.2. The van der Waals surface area contributed by atoms with E-state index in [-0.39, 0.29) is 12.3 Å². The lowest BCUT2D eigenvalue weighted by atomic mass is 9.82. The molecule has 0 aromatic heterocycles. The summed E-state index contributed by atoms with van der Waals surface area (Å²) in [5.74, 6) is -0.233. The van der Waals surface area contributed by atoms with Crippen molar-refractivity contribution >= 4 is 5.97 Å². The highest BCUT2D eigenvalue weighted by molar-refractivity contribution is 5.69. The molecule has 2 aliphatic rings. The Morgan fingerprint density at radius 1 is 1.04 bits per heavy atom. The molecule has 0 radical (unpaired) electrons. The van der Waals surface area contributed by atoms with Gasteiger partial charge >= 0.3 is 5.97 Å². The highest BCUT2D eigenvalue weighted by atomic mass is 16.4. The molecule has 3 heteroatoms. The van der Waals surface area contributed by atoms with Crippen molar-refractivity contribution in [3.05, 3.63) is 71.3 Å². The number of piperidine rings is 1. The first-order valence-electron chi connectivity index (χ1n) is 9.70. The SMILES string of the molecule is CN1C2CCC1CC(c1cccc(C(CC(=O)O)c3ccccc3)c1)C2. The molecule has 0 spiro atoms. The summed E-state index contributed by atoms with van der Waals surface area (Å²) < 4.78 is 0. The number of carboxylic acids is 1.